The summed E-state index contributed by atoms with van der Waals surface area (Å²) in [7, 11) is -1.17. The van der Waals surface area contributed by atoms with Crippen LogP contribution in [0.25, 0.3) is 6.08 Å². The molecule has 2 rings (SSSR count). The van der Waals surface area contributed by atoms with E-state index in [9.17, 15) is 18.0 Å². The minimum Gasteiger partial charge on any atom is -0.495 e. The van der Waals surface area contributed by atoms with Crippen LogP contribution in [0.3, 0.4) is 0 Å². The third kappa shape index (κ3) is 6.08. The van der Waals surface area contributed by atoms with Gasteiger partial charge in [-0.25, -0.2) is 18.0 Å². The summed E-state index contributed by atoms with van der Waals surface area (Å²) in [5, 5.41) is 0. The predicted molar refractivity (Wildman–Crippen MR) is 107 cm³/mol. The monoisotopic (exact) mass is 419 g/mol. The van der Waals surface area contributed by atoms with E-state index in [0.717, 1.165) is 6.08 Å². The van der Waals surface area contributed by atoms with Crippen molar-refractivity contribution < 1.29 is 32.2 Å². The highest BCUT2D eigenvalue weighted by atomic mass is 32.2. The minimum atomic E-state index is -3.82. The SMILES string of the molecule is COC(=O)[C@H](C)OC(=O)/C=C/c1ccc(S(=O)(=O)Nc2ccccc2OC)cc1. The summed E-state index contributed by atoms with van der Waals surface area (Å²) in [5.41, 5.74) is 0.894. The Kier molecular flexibility index (Phi) is 7.38. The fraction of sp³-hybridized carbons (Fsp3) is 0.200. The van der Waals surface area contributed by atoms with Gasteiger partial charge in [0.25, 0.3) is 10.0 Å². The molecule has 0 heterocycles. The molecular formula is C20H21NO7S. The first-order valence-electron chi connectivity index (χ1n) is 8.49. The van der Waals surface area contributed by atoms with Crippen molar-refractivity contribution in [3.63, 3.8) is 0 Å². The van der Waals surface area contributed by atoms with Gasteiger partial charge in [-0.3, -0.25) is 4.72 Å². The Labute approximate surface area is 169 Å². The van der Waals surface area contributed by atoms with Gasteiger partial charge in [-0.2, -0.15) is 0 Å². The second-order valence-electron chi connectivity index (χ2n) is 5.81. The number of nitrogens with one attached hydrogen (secondary N) is 1. The molecule has 0 aliphatic carbocycles. The molecule has 0 aromatic heterocycles. The van der Waals surface area contributed by atoms with E-state index in [1.54, 1.807) is 24.3 Å². The van der Waals surface area contributed by atoms with Gasteiger partial charge in [-0.05, 0) is 42.8 Å². The standard InChI is InChI=1S/C20H21NO7S/c1-14(20(23)27-3)28-19(22)13-10-15-8-11-16(12-9-15)29(24,25)21-17-6-4-5-7-18(17)26-2/h4-14,21H,1-3H3/b13-10+/t14-/m0/s1. The van der Waals surface area contributed by atoms with Crippen LogP contribution in [0.4, 0.5) is 5.69 Å². The number of benzene rings is 2. The van der Waals surface area contributed by atoms with Gasteiger partial charge in [0.1, 0.15) is 5.75 Å². The number of methoxy groups -OCH3 is 2. The topological polar surface area (TPSA) is 108 Å². The summed E-state index contributed by atoms with van der Waals surface area (Å²) in [4.78, 5) is 23.0. The van der Waals surface area contributed by atoms with Gasteiger partial charge in [0, 0.05) is 6.08 Å². The first-order valence-corrected chi connectivity index (χ1v) is 9.97. The predicted octanol–water partition coefficient (Wildman–Crippen LogP) is 2.61. The molecule has 0 saturated carbocycles. The molecule has 1 N–H and O–H groups in total. The van der Waals surface area contributed by atoms with Gasteiger partial charge in [0.05, 0.1) is 24.8 Å². The van der Waals surface area contributed by atoms with Gasteiger partial charge in [0.2, 0.25) is 0 Å². The highest BCUT2D eigenvalue weighted by Crippen LogP contribution is 2.26. The van der Waals surface area contributed by atoms with E-state index in [4.69, 9.17) is 9.47 Å². The maximum atomic E-state index is 12.6. The van der Waals surface area contributed by atoms with E-state index in [-0.39, 0.29) is 4.90 Å². The third-order valence-corrected chi connectivity index (χ3v) is 5.16. The number of hydrogen-bond acceptors (Lipinski definition) is 7. The number of sulfonamides is 1. The van der Waals surface area contributed by atoms with Crippen LogP contribution >= 0.6 is 0 Å². The van der Waals surface area contributed by atoms with Crippen LogP contribution in [0, 0.1) is 0 Å². The number of para-hydroxylation sites is 2. The number of anilines is 1. The van der Waals surface area contributed by atoms with Crippen LogP contribution in [0.1, 0.15) is 12.5 Å². The van der Waals surface area contributed by atoms with Crippen LogP contribution in [-0.2, 0) is 29.1 Å². The molecule has 9 heteroatoms. The Hall–Kier alpha value is -3.33. The molecule has 154 valence electrons. The fourth-order valence-corrected chi connectivity index (χ4v) is 3.35. The summed E-state index contributed by atoms with van der Waals surface area (Å²) < 4.78 is 42.1. The molecule has 0 aliphatic rings. The van der Waals surface area contributed by atoms with Gasteiger partial charge in [-0.1, -0.05) is 24.3 Å². The third-order valence-electron chi connectivity index (χ3n) is 3.78. The van der Waals surface area contributed by atoms with Crippen molar-refractivity contribution in [1.29, 1.82) is 0 Å². The van der Waals surface area contributed by atoms with Crippen LogP contribution in [0.5, 0.6) is 5.75 Å². The zero-order chi connectivity index (χ0) is 21.4. The van der Waals surface area contributed by atoms with E-state index in [1.165, 1.54) is 51.5 Å². The lowest BCUT2D eigenvalue weighted by Crippen LogP contribution is -2.24. The molecule has 2 aromatic rings. The number of esters is 2. The summed E-state index contributed by atoms with van der Waals surface area (Å²) in [5.74, 6) is -0.989. The molecule has 0 aliphatic heterocycles. The van der Waals surface area contributed by atoms with E-state index in [2.05, 4.69) is 9.46 Å². The Morgan fingerprint density at radius 3 is 2.31 bits per heavy atom. The Morgan fingerprint density at radius 2 is 1.69 bits per heavy atom. The Morgan fingerprint density at radius 1 is 1.03 bits per heavy atom. The Balaban J connectivity index is 2.07. The van der Waals surface area contributed by atoms with Crippen molar-refractivity contribution in [2.45, 2.75) is 17.9 Å². The number of carbonyl (C=O) groups is 2. The molecule has 0 fully saturated rings. The number of rotatable bonds is 8. The number of ether oxygens (including phenoxy) is 3. The Bertz CT molecular complexity index is 998. The minimum absolute atomic E-state index is 0.0439. The van der Waals surface area contributed by atoms with Crippen molar-refractivity contribution >= 4 is 33.7 Å². The molecule has 1 atom stereocenters. The van der Waals surface area contributed by atoms with Gasteiger partial charge < -0.3 is 14.2 Å². The summed E-state index contributed by atoms with van der Waals surface area (Å²) >= 11 is 0. The van der Waals surface area contributed by atoms with Crippen molar-refractivity contribution in [3.8, 4) is 5.75 Å². The molecular weight excluding hydrogens is 398 g/mol. The molecule has 0 saturated heterocycles. The maximum absolute atomic E-state index is 12.6. The second-order valence-corrected chi connectivity index (χ2v) is 7.49. The van der Waals surface area contributed by atoms with Crippen LogP contribution in [0.15, 0.2) is 59.5 Å². The number of hydrogen-bond donors (Lipinski definition) is 1. The highest BCUT2D eigenvalue weighted by Gasteiger charge is 2.17. The molecule has 0 radical (unpaired) electrons. The smallest absolute Gasteiger partial charge is 0.346 e. The van der Waals surface area contributed by atoms with Crippen molar-refractivity contribution in [1.82, 2.24) is 0 Å². The van der Waals surface area contributed by atoms with Crippen LogP contribution in [0.2, 0.25) is 0 Å². The first-order chi connectivity index (χ1) is 13.8. The van der Waals surface area contributed by atoms with E-state index >= 15 is 0 Å². The lowest BCUT2D eigenvalue weighted by Gasteiger charge is -2.11. The quantitative estimate of drug-likeness (QED) is 0.517. The summed E-state index contributed by atoms with van der Waals surface area (Å²) in [6, 6.07) is 12.5. The molecule has 0 spiro atoms. The molecule has 2 aromatic carbocycles. The fourth-order valence-electron chi connectivity index (χ4n) is 2.28. The first kappa shape index (κ1) is 22.0. The molecule has 0 unspecified atom stereocenters. The normalized spacial score (nSPS) is 12.2. The summed E-state index contributed by atoms with van der Waals surface area (Å²) in [6.07, 6.45) is 1.55. The maximum Gasteiger partial charge on any atom is 0.346 e. The van der Waals surface area contributed by atoms with Crippen LogP contribution in [-0.4, -0.2) is 40.7 Å². The summed E-state index contributed by atoms with van der Waals surface area (Å²) in [6.45, 7) is 1.39. The highest BCUT2D eigenvalue weighted by molar-refractivity contribution is 7.92. The average molecular weight is 419 g/mol. The molecule has 8 nitrogen and oxygen atoms in total. The lowest BCUT2D eigenvalue weighted by atomic mass is 10.2. The van der Waals surface area contributed by atoms with Crippen LogP contribution < -0.4 is 9.46 Å². The van der Waals surface area contributed by atoms with Gasteiger partial charge in [0.15, 0.2) is 6.10 Å². The van der Waals surface area contributed by atoms with E-state index in [1.807, 2.05) is 0 Å². The van der Waals surface area contributed by atoms with E-state index < -0.39 is 28.1 Å². The average Bonchev–Trinajstić information content (AvgIpc) is 2.72. The van der Waals surface area contributed by atoms with Crippen molar-refractivity contribution in [3.05, 3.63) is 60.2 Å². The molecule has 0 amide bonds. The second kappa shape index (κ2) is 9.74. The van der Waals surface area contributed by atoms with E-state index in [0.29, 0.717) is 17.0 Å². The van der Waals surface area contributed by atoms with Crippen molar-refractivity contribution in [2.24, 2.45) is 0 Å². The lowest BCUT2D eigenvalue weighted by molar-refractivity contribution is -0.161. The zero-order valence-corrected chi connectivity index (χ0v) is 16.9. The molecule has 29 heavy (non-hydrogen) atoms. The van der Waals surface area contributed by atoms with Crippen molar-refractivity contribution in [2.75, 3.05) is 18.9 Å². The molecule has 0 bridgehead atoms. The largest absolute Gasteiger partial charge is 0.495 e. The van der Waals surface area contributed by atoms with Gasteiger partial charge >= 0.3 is 11.9 Å². The van der Waals surface area contributed by atoms with Gasteiger partial charge in [-0.15, -0.1) is 0 Å². The zero-order valence-electron chi connectivity index (χ0n) is 16.1. The number of carbonyl (C=O) groups excluding carboxylic acids is 2.